The number of aryl methyl sites for hydroxylation is 1. The van der Waals surface area contributed by atoms with Crippen LogP contribution in [0.15, 0.2) is 24.7 Å². The molecule has 0 bridgehead atoms. The third-order valence-electron chi connectivity index (χ3n) is 2.68. The molecular weight excluding hydrogens is 214 g/mol. The number of nitrogens with zero attached hydrogens (tertiary/aromatic N) is 3. The van der Waals surface area contributed by atoms with E-state index >= 15 is 0 Å². The lowest BCUT2D eigenvalue weighted by Gasteiger charge is -2.17. The molecule has 0 aliphatic carbocycles. The molecule has 0 aromatic carbocycles. The molecule has 2 heterocycles. The Hall–Kier alpha value is -2.04. The third-order valence-corrected chi connectivity index (χ3v) is 2.68. The Morgan fingerprint density at radius 3 is 2.82 bits per heavy atom. The predicted octanol–water partition coefficient (Wildman–Crippen LogP) is 1.79. The van der Waals surface area contributed by atoms with Crippen LogP contribution in [0.3, 0.4) is 0 Å². The maximum absolute atomic E-state index is 4.14. The molecular formula is C12H17N5. The molecule has 0 amide bonds. The van der Waals surface area contributed by atoms with E-state index in [1.54, 1.807) is 6.20 Å². The van der Waals surface area contributed by atoms with Gasteiger partial charge < -0.3 is 10.2 Å². The monoisotopic (exact) mass is 231 g/mol. The lowest BCUT2D eigenvalue weighted by atomic mass is 10.2. The predicted molar refractivity (Wildman–Crippen MR) is 69.2 cm³/mol. The van der Waals surface area contributed by atoms with Crippen LogP contribution in [0.4, 0.5) is 11.4 Å². The topological polar surface area (TPSA) is 56.8 Å². The maximum Gasteiger partial charge on any atom is 0.0766 e. The fourth-order valence-corrected chi connectivity index (χ4v) is 1.66. The van der Waals surface area contributed by atoms with Crippen molar-refractivity contribution in [1.82, 2.24) is 15.2 Å². The van der Waals surface area contributed by atoms with Crippen LogP contribution in [-0.2, 0) is 6.54 Å². The van der Waals surface area contributed by atoms with Crippen LogP contribution in [0.25, 0.3) is 0 Å². The first-order valence-electron chi connectivity index (χ1n) is 5.52. The van der Waals surface area contributed by atoms with Crippen molar-refractivity contribution in [2.45, 2.75) is 13.5 Å². The summed E-state index contributed by atoms with van der Waals surface area (Å²) >= 11 is 0. The van der Waals surface area contributed by atoms with Gasteiger partial charge in [-0.25, -0.2) is 0 Å². The lowest BCUT2D eigenvalue weighted by Crippen LogP contribution is -2.12. The van der Waals surface area contributed by atoms with Crippen molar-refractivity contribution in [1.29, 1.82) is 0 Å². The lowest BCUT2D eigenvalue weighted by molar-refractivity contribution is 1.04. The van der Waals surface area contributed by atoms with E-state index < -0.39 is 0 Å². The van der Waals surface area contributed by atoms with Crippen LogP contribution in [0.2, 0.25) is 0 Å². The van der Waals surface area contributed by atoms with Gasteiger partial charge in [0.15, 0.2) is 0 Å². The van der Waals surface area contributed by atoms with E-state index in [0.29, 0.717) is 0 Å². The average molecular weight is 231 g/mol. The quantitative estimate of drug-likeness (QED) is 0.842. The molecule has 0 saturated carbocycles. The van der Waals surface area contributed by atoms with Gasteiger partial charge >= 0.3 is 0 Å². The summed E-state index contributed by atoms with van der Waals surface area (Å²) in [6.07, 6.45) is 5.47. The zero-order chi connectivity index (χ0) is 12.3. The summed E-state index contributed by atoms with van der Waals surface area (Å²) in [7, 11) is 4.03. The average Bonchev–Trinajstić information content (AvgIpc) is 2.72. The first-order valence-corrected chi connectivity index (χ1v) is 5.52. The summed E-state index contributed by atoms with van der Waals surface area (Å²) in [6.45, 7) is 2.76. The fourth-order valence-electron chi connectivity index (χ4n) is 1.66. The number of aromatic nitrogens is 3. The zero-order valence-electron chi connectivity index (χ0n) is 10.4. The number of hydrogen-bond donors (Lipinski definition) is 2. The molecule has 0 saturated heterocycles. The second-order valence-corrected chi connectivity index (χ2v) is 4.16. The molecule has 2 rings (SSSR count). The minimum atomic E-state index is 0.745. The molecule has 0 spiro atoms. The van der Waals surface area contributed by atoms with E-state index in [1.165, 1.54) is 5.56 Å². The van der Waals surface area contributed by atoms with Crippen molar-refractivity contribution in [3.63, 3.8) is 0 Å². The molecule has 0 unspecified atom stereocenters. The highest BCUT2D eigenvalue weighted by atomic mass is 15.1. The molecule has 0 atom stereocenters. The molecule has 2 aromatic rings. The number of rotatable bonds is 4. The van der Waals surface area contributed by atoms with Gasteiger partial charge in [0, 0.05) is 38.1 Å². The van der Waals surface area contributed by atoms with Crippen molar-refractivity contribution < 1.29 is 0 Å². The number of H-pyrrole nitrogens is 1. The molecule has 17 heavy (non-hydrogen) atoms. The van der Waals surface area contributed by atoms with Crippen molar-refractivity contribution in [3.8, 4) is 0 Å². The molecule has 0 aliphatic rings. The van der Waals surface area contributed by atoms with Gasteiger partial charge in [-0.15, -0.1) is 0 Å². The number of nitrogens with one attached hydrogen (secondary N) is 2. The Bertz CT molecular complexity index is 489. The van der Waals surface area contributed by atoms with Crippen LogP contribution in [0.1, 0.15) is 11.3 Å². The van der Waals surface area contributed by atoms with E-state index in [4.69, 9.17) is 0 Å². The van der Waals surface area contributed by atoms with Gasteiger partial charge in [0.1, 0.15) is 0 Å². The van der Waals surface area contributed by atoms with Crippen LogP contribution in [-0.4, -0.2) is 29.3 Å². The number of hydrogen-bond acceptors (Lipinski definition) is 4. The number of pyridine rings is 1. The summed E-state index contributed by atoms with van der Waals surface area (Å²) in [4.78, 5) is 6.20. The Kier molecular flexibility index (Phi) is 3.27. The molecule has 2 aromatic heterocycles. The summed E-state index contributed by atoms with van der Waals surface area (Å²) in [5.74, 6) is 0. The van der Waals surface area contributed by atoms with Gasteiger partial charge in [-0.05, 0) is 13.0 Å². The van der Waals surface area contributed by atoms with Gasteiger partial charge in [-0.2, -0.15) is 5.10 Å². The minimum Gasteiger partial charge on any atom is -0.378 e. The van der Waals surface area contributed by atoms with E-state index in [-0.39, 0.29) is 0 Å². The first kappa shape index (κ1) is 11.4. The largest absolute Gasteiger partial charge is 0.378 e. The highest BCUT2D eigenvalue weighted by Gasteiger charge is 2.05. The zero-order valence-corrected chi connectivity index (χ0v) is 10.4. The molecule has 0 aliphatic heterocycles. The SMILES string of the molecule is Cc1[nH]ncc1CNc1cnccc1N(C)C. The Morgan fingerprint density at radius 2 is 2.18 bits per heavy atom. The van der Waals surface area contributed by atoms with Crippen LogP contribution in [0, 0.1) is 6.92 Å². The van der Waals surface area contributed by atoms with Crippen LogP contribution < -0.4 is 10.2 Å². The van der Waals surface area contributed by atoms with Gasteiger partial charge in [0.05, 0.1) is 23.8 Å². The summed E-state index contributed by atoms with van der Waals surface area (Å²) in [5, 5.41) is 10.3. The molecule has 90 valence electrons. The number of anilines is 2. The third kappa shape index (κ3) is 2.55. The van der Waals surface area contributed by atoms with Crippen molar-refractivity contribution in [2.75, 3.05) is 24.3 Å². The van der Waals surface area contributed by atoms with Gasteiger partial charge in [0.25, 0.3) is 0 Å². The second kappa shape index (κ2) is 4.86. The molecule has 0 radical (unpaired) electrons. The van der Waals surface area contributed by atoms with E-state index in [2.05, 4.69) is 25.4 Å². The smallest absolute Gasteiger partial charge is 0.0766 e. The highest BCUT2D eigenvalue weighted by molar-refractivity contribution is 5.68. The van der Waals surface area contributed by atoms with Crippen molar-refractivity contribution in [3.05, 3.63) is 35.9 Å². The second-order valence-electron chi connectivity index (χ2n) is 4.16. The summed E-state index contributed by atoms with van der Waals surface area (Å²) < 4.78 is 0. The maximum atomic E-state index is 4.14. The molecule has 5 nitrogen and oxygen atoms in total. The van der Waals surface area contributed by atoms with Crippen molar-refractivity contribution in [2.24, 2.45) is 0 Å². The number of aromatic amines is 1. The minimum absolute atomic E-state index is 0.745. The Morgan fingerprint density at radius 1 is 1.35 bits per heavy atom. The van der Waals surface area contributed by atoms with E-state index in [1.807, 2.05) is 39.5 Å². The van der Waals surface area contributed by atoms with Crippen molar-refractivity contribution >= 4 is 11.4 Å². The van der Waals surface area contributed by atoms with E-state index in [9.17, 15) is 0 Å². The Labute approximate surface area is 101 Å². The van der Waals surface area contributed by atoms with E-state index in [0.717, 1.165) is 23.6 Å². The van der Waals surface area contributed by atoms with Gasteiger partial charge in [0.2, 0.25) is 0 Å². The normalized spacial score (nSPS) is 10.3. The fraction of sp³-hybridized carbons (Fsp3) is 0.333. The molecule has 5 heteroatoms. The summed E-state index contributed by atoms with van der Waals surface area (Å²) in [5.41, 5.74) is 4.41. The van der Waals surface area contributed by atoms with Gasteiger partial charge in [-0.1, -0.05) is 0 Å². The summed E-state index contributed by atoms with van der Waals surface area (Å²) in [6, 6.07) is 1.99. The van der Waals surface area contributed by atoms with Gasteiger partial charge in [-0.3, -0.25) is 10.1 Å². The van der Waals surface area contributed by atoms with Crippen LogP contribution >= 0.6 is 0 Å². The molecule has 2 N–H and O–H groups in total. The highest BCUT2D eigenvalue weighted by Crippen LogP contribution is 2.22. The Balaban J connectivity index is 2.11. The molecule has 0 fully saturated rings. The standard InChI is InChI=1S/C12H17N5/c1-9-10(7-15-16-9)6-14-11-8-13-5-4-12(11)17(2)3/h4-5,7-8,14H,6H2,1-3H3,(H,15,16). The first-order chi connectivity index (χ1) is 8.18. The van der Waals surface area contributed by atoms with Crippen LogP contribution in [0.5, 0.6) is 0 Å².